The summed E-state index contributed by atoms with van der Waals surface area (Å²) in [7, 11) is 2.82. The van der Waals surface area contributed by atoms with Crippen LogP contribution in [0.2, 0.25) is 5.02 Å². The van der Waals surface area contributed by atoms with E-state index in [1.54, 1.807) is 18.2 Å². The van der Waals surface area contributed by atoms with Gasteiger partial charge in [0.15, 0.2) is 5.78 Å². The number of Topliss-reactive ketones (excluding diaryl/α,β-unsaturated/α-hetero) is 1. The molecule has 0 unspecified atom stereocenters. The van der Waals surface area contributed by atoms with Gasteiger partial charge in [-0.25, -0.2) is 0 Å². The normalized spacial score (nSPS) is 9.94. The van der Waals surface area contributed by atoms with Gasteiger partial charge in [0.25, 0.3) is 0 Å². The molecule has 0 radical (unpaired) electrons. The number of halogens is 1. The van der Waals surface area contributed by atoms with Gasteiger partial charge in [-0.2, -0.15) is 0 Å². The maximum Gasteiger partial charge on any atom is 0.305 e. The van der Waals surface area contributed by atoms with Gasteiger partial charge in [0, 0.05) is 18.4 Å². The lowest BCUT2D eigenvalue weighted by Gasteiger charge is -2.05. The Morgan fingerprint density at radius 2 is 1.94 bits per heavy atom. The molecule has 1 aromatic carbocycles. The molecule has 0 aliphatic heterocycles. The number of carbonyl (C=O) groups excluding carboxylic acids is 2. The number of benzene rings is 1. The van der Waals surface area contributed by atoms with Crippen LogP contribution in [0.1, 0.15) is 29.6 Å². The SMILES string of the molecule is COC(=O)CCCC(=O)c1ccc(Cl)c(OC)c1. The average molecular weight is 271 g/mol. The van der Waals surface area contributed by atoms with Crippen LogP contribution in [-0.2, 0) is 9.53 Å². The minimum absolute atomic E-state index is 0.0473. The van der Waals surface area contributed by atoms with Crippen LogP contribution in [-0.4, -0.2) is 26.0 Å². The van der Waals surface area contributed by atoms with E-state index in [0.717, 1.165) is 0 Å². The molecule has 0 heterocycles. The molecule has 0 N–H and O–H groups in total. The molecular weight excluding hydrogens is 256 g/mol. The molecule has 0 aliphatic carbocycles. The number of hydrogen-bond donors (Lipinski definition) is 0. The first-order chi connectivity index (χ1) is 8.58. The van der Waals surface area contributed by atoms with Gasteiger partial charge in [-0.05, 0) is 24.6 Å². The van der Waals surface area contributed by atoms with Gasteiger partial charge >= 0.3 is 5.97 Å². The van der Waals surface area contributed by atoms with Crippen LogP contribution in [0.15, 0.2) is 18.2 Å². The Morgan fingerprint density at radius 1 is 1.22 bits per heavy atom. The van der Waals surface area contributed by atoms with Gasteiger partial charge in [-0.3, -0.25) is 9.59 Å². The average Bonchev–Trinajstić information content (AvgIpc) is 2.38. The van der Waals surface area contributed by atoms with Crippen LogP contribution in [0, 0.1) is 0 Å². The number of ether oxygens (including phenoxy) is 2. The fraction of sp³-hybridized carbons (Fsp3) is 0.385. The van der Waals surface area contributed by atoms with Crippen molar-refractivity contribution in [1.29, 1.82) is 0 Å². The number of rotatable bonds is 6. The van der Waals surface area contributed by atoms with Crippen molar-refractivity contribution in [1.82, 2.24) is 0 Å². The first kappa shape index (κ1) is 14.5. The quantitative estimate of drug-likeness (QED) is 0.589. The second-order valence-corrected chi connectivity index (χ2v) is 4.11. The maximum atomic E-state index is 11.8. The standard InChI is InChI=1S/C13H15ClO4/c1-17-12-8-9(6-7-10(12)14)11(15)4-3-5-13(16)18-2/h6-8H,3-5H2,1-2H3. The minimum Gasteiger partial charge on any atom is -0.495 e. The van der Waals surface area contributed by atoms with E-state index in [4.69, 9.17) is 16.3 Å². The Balaban J connectivity index is 2.59. The predicted molar refractivity (Wildman–Crippen MR) is 68.2 cm³/mol. The Morgan fingerprint density at radius 3 is 2.56 bits per heavy atom. The lowest BCUT2D eigenvalue weighted by Crippen LogP contribution is -2.04. The summed E-state index contributed by atoms with van der Waals surface area (Å²) in [6, 6.07) is 4.86. The van der Waals surface area contributed by atoms with E-state index >= 15 is 0 Å². The third-order valence-corrected chi connectivity index (χ3v) is 2.80. The molecule has 1 aromatic rings. The lowest BCUT2D eigenvalue weighted by atomic mass is 10.1. The van der Waals surface area contributed by atoms with Crippen molar-refractivity contribution in [2.75, 3.05) is 14.2 Å². The van der Waals surface area contributed by atoms with E-state index in [1.807, 2.05) is 0 Å². The summed E-state index contributed by atoms with van der Waals surface area (Å²) in [5.41, 5.74) is 0.529. The summed E-state index contributed by atoms with van der Waals surface area (Å²) in [5, 5.41) is 0.462. The lowest BCUT2D eigenvalue weighted by molar-refractivity contribution is -0.140. The Hall–Kier alpha value is -1.55. The Bertz CT molecular complexity index is 443. The number of carbonyl (C=O) groups is 2. The van der Waals surface area contributed by atoms with Crippen LogP contribution in [0.4, 0.5) is 0 Å². The summed E-state index contributed by atoms with van der Waals surface area (Å²) < 4.78 is 9.54. The highest BCUT2D eigenvalue weighted by molar-refractivity contribution is 6.32. The maximum absolute atomic E-state index is 11.8. The van der Waals surface area contributed by atoms with Crippen LogP contribution in [0.3, 0.4) is 0 Å². The zero-order valence-corrected chi connectivity index (χ0v) is 11.1. The number of hydrogen-bond acceptors (Lipinski definition) is 4. The van der Waals surface area contributed by atoms with Crippen molar-refractivity contribution >= 4 is 23.4 Å². The molecule has 18 heavy (non-hydrogen) atoms. The third-order valence-electron chi connectivity index (χ3n) is 2.49. The molecule has 0 bridgehead atoms. The molecule has 0 aliphatic rings. The van der Waals surface area contributed by atoms with E-state index in [0.29, 0.717) is 29.2 Å². The molecule has 0 saturated carbocycles. The van der Waals surface area contributed by atoms with Crippen molar-refractivity contribution in [3.63, 3.8) is 0 Å². The monoisotopic (exact) mass is 270 g/mol. The zero-order chi connectivity index (χ0) is 13.5. The van der Waals surface area contributed by atoms with E-state index in [1.165, 1.54) is 14.2 Å². The van der Waals surface area contributed by atoms with E-state index < -0.39 is 0 Å². The second-order valence-electron chi connectivity index (χ2n) is 3.70. The molecule has 0 atom stereocenters. The van der Waals surface area contributed by atoms with Crippen molar-refractivity contribution in [2.45, 2.75) is 19.3 Å². The highest BCUT2D eigenvalue weighted by Crippen LogP contribution is 2.25. The molecule has 0 fully saturated rings. The summed E-state index contributed by atoms with van der Waals surface area (Å²) in [6.07, 6.45) is 1.00. The predicted octanol–water partition coefficient (Wildman–Crippen LogP) is 2.87. The number of methoxy groups -OCH3 is 2. The fourth-order valence-corrected chi connectivity index (χ4v) is 1.67. The smallest absolute Gasteiger partial charge is 0.305 e. The van der Waals surface area contributed by atoms with E-state index in [-0.39, 0.29) is 18.2 Å². The number of esters is 1. The summed E-state index contributed by atoms with van der Waals surface area (Å²) in [6.45, 7) is 0. The highest BCUT2D eigenvalue weighted by atomic mass is 35.5. The van der Waals surface area contributed by atoms with Crippen molar-refractivity contribution < 1.29 is 19.1 Å². The van der Waals surface area contributed by atoms with Crippen LogP contribution >= 0.6 is 11.6 Å². The molecule has 0 amide bonds. The Labute approximate surface area is 111 Å². The van der Waals surface area contributed by atoms with Gasteiger partial charge in [-0.1, -0.05) is 11.6 Å². The molecule has 98 valence electrons. The molecular formula is C13H15ClO4. The van der Waals surface area contributed by atoms with Crippen LogP contribution in [0.25, 0.3) is 0 Å². The van der Waals surface area contributed by atoms with E-state index in [2.05, 4.69) is 4.74 Å². The summed E-state index contributed by atoms with van der Waals surface area (Å²) >= 11 is 5.87. The van der Waals surface area contributed by atoms with Crippen LogP contribution in [0.5, 0.6) is 5.75 Å². The van der Waals surface area contributed by atoms with Gasteiger partial charge in [0.05, 0.1) is 19.2 Å². The minimum atomic E-state index is -0.309. The molecule has 0 aromatic heterocycles. The Kier molecular flexibility index (Phi) is 5.65. The van der Waals surface area contributed by atoms with Crippen molar-refractivity contribution in [2.24, 2.45) is 0 Å². The van der Waals surface area contributed by atoms with Crippen molar-refractivity contribution in [3.05, 3.63) is 28.8 Å². The fourth-order valence-electron chi connectivity index (χ4n) is 1.47. The highest BCUT2D eigenvalue weighted by Gasteiger charge is 2.10. The first-order valence-electron chi connectivity index (χ1n) is 5.52. The first-order valence-corrected chi connectivity index (χ1v) is 5.90. The number of ketones is 1. The molecule has 0 spiro atoms. The van der Waals surface area contributed by atoms with Gasteiger partial charge in [0.2, 0.25) is 0 Å². The topological polar surface area (TPSA) is 52.6 Å². The molecule has 1 rings (SSSR count). The van der Waals surface area contributed by atoms with Gasteiger partial charge < -0.3 is 9.47 Å². The third kappa shape index (κ3) is 4.04. The van der Waals surface area contributed by atoms with E-state index in [9.17, 15) is 9.59 Å². The summed E-state index contributed by atoms with van der Waals surface area (Å²) in [5.74, 6) is 0.112. The van der Waals surface area contributed by atoms with Gasteiger partial charge in [0.1, 0.15) is 5.75 Å². The largest absolute Gasteiger partial charge is 0.495 e. The second kappa shape index (κ2) is 7.01. The van der Waals surface area contributed by atoms with Gasteiger partial charge in [-0.15, -0.1) is 0 Å². The summed E-state index contributed by atoms with van der Waals surface area (Å²) in [4.78, 5) is 22.7. The van der Waals surface area contributed by atoms with Crippen LogP contribution < -0.4 is 4.74 Å². The molecule has 4 nitrogen and oxygen atoms in total. The molecule has 0 saturated heterocycles. The molecule has 5 heteroatoms. The van der Waals surface area contributed by atoms with Crippen molar-refractivity contribution in [3.8, 4) is 5.75 Å². The zero-order valence-electron chi connectivity index (χ0n) is 10.4.